The summed E-state index contributed by atoms with van der Waals surface area (Å²) in [5, 5.41) is 4.40. The van der Waals surface area contributed by atoms with Crippen molar-refractivity contribution in [2.24, 2.45) is 0 Å². The van der Waals surface area contributed by atoms with Gasteiger partial charge in [-0.1, -0.05) is 30.7 Å². The second-order valence-electron chi connectivity index (χ2n) is 5.88. The number of rotatable bonds is 7. The number of hydrogen-bond acceptors (Lipinski definition) is 2. The van der Waals surface area contributed by atoms with Gasteiger partial charge in [0, 0.05) is 29.7 Å². The Kier molecular flexibility index (Phi) is 6.31. The summed E-state index contributed by atoms with van der Waals surface area (Å²) < 4.78 is 0. The van der Waals surface area contributed by atoms with E-state index in [1.807, 2.05) is 18.2 Å². The Morgan fingerprint density at radius 3 is 2.63 bits per heavy atom. The summed E-state index contributed by atoms with van der Waals surface area (Å²) in [6.45, 7) is 10.9. The molecule has 1 aromatic carbocycles. The zero-order valence-corrected chi connectivity index (χ0v) is 13.6. The van der Waals surface area contributed by atoms with Gasteiger partial charge in [0.2, 0.25) is 0 Å². The number of nitrogens with zero attached hydrogens (tertiary/aromatic N) is 1. The van der Waals surface area contributed by atoms with Crippen molar-refractivity contribution in [3.05, 3.63) is 34.9 Å². The third kappa shape index (κ3) is 5.52. The molecule has 1 atom stereocenters. The number of halogens is 1. The van der Waals surface area contributed by atoms with Crippen LogP contribution in [0.15, 0.2) is 24.3 Å². The van der Waals surface area contributed by atoms with Crippen molar-refractivity contribution in [3.8, 4) is 0 Å². The van der Waals surface area contributed by atoms with Crippen LogP contribution in [0.25, 0.3) is 0 Å². The maximum absolute atomic E-state index is 6.05. The van der Waals surface area contributed by atoms with E-state index in [0.29, 0.717) is 6.04 Å². The molecule has 1 rings (SSSR count). The average molecular weight is 283 g/mol. The van der Waals surface area contributed by atoms with Gasteiger partial charge < -0.3 is 5.32 Å². The quantitative estimate of drug-likeness (QED) is 0.810. The molecule has 2 nitrogen and oxygen atoms in total. The van der Waals surface area contributed by atoms with Crippen LogP contribution in [0.4, 0.5) is 0 Å². The van der Waals surface area contributed by atoms with Crippen LogP contribution < -0.4 is 5.32 Å². The zero-order valence-electron chi connectivity index (χ0n) is 12.8. The monoisotopic (exact) mass is 282 g/mol. The van der Waals surface area contributed by atoms with Gasteiger partial charge in [-0.3, -0.25) is 4.90 Å². The van der Waals surface area contributed by atoms with Gasteiger partial charge >= 0.3 is 0 Å². The molecule has 0 saturated carbocycles. The summed E-state index contributed by atoms with van der Waals surface area (Å²) in [5.41, 5.74) is 1.49. The molecule has 19 heavy (non-hydrogen) atoms. The van der Waals surface area contributed by atoms with E-state index in [-0.39, 0.29) is 5.54 Å². The summed E-state index contributed by atoms with van der Waals surface area (Å²) in [4.78, 5) is 2.35. The highest BCUT2D eigenvalue weighted by Gasteiger charge is 2.15. The van der Waals surface area contributed by atoms with Gasteiger partial charge in [0.05, 0.1) is 0 Å². The van der Waals surface area contributed by atoms with Crippen molar-refractivity contribution < 1.29 is 0 Å². The fraction of sp³-hybridized carbons (Fsp3) is 0.625. The first-order valence-corrected chi connectivity index (χ1v) is 7.44. The second kappa shape index (κ2) is 7.28. The Morgan fingerprint density at radius 2 is 2.05 bits per heavy atom. The van der Waals surface area contributed by atoms with E-state index < -0.39 is 0 Å². The molecule has 0 bridgehead atoms. The Balaban J connectivity index is 2.47. The molecule has 0 amide bonds. The van der Waals surface area contributed by atoms with Gasteiger partial charge in [0.15, 0.2) is 0 Å². The van der Waals surface area contributed by atoms with E-state index in [9.17, 15) is 0 Å². The molecule has 0 saturated heterocycles. The first-order valence-electron chi connectivity index (χ1n) is 7.06. The molecule has 0 aliphatic heterocycles. The Hall–Kier alpha value is -0.570. The van der Waals surface area contributed by atoms with Gasteiger partial charge in [0.1, 0.15) is 0 Å². The van der Waals surface area contributed by atoms with Gasteiger partial charge in [-0.25, -0.2) is 0 Å². The minimum atomic E-state index is 0.222. The molecular formula is C16H27ClN2. The molecule has 108 valence electrons. The topological polar surface area (TPSA) is 15.3 Å². The summed E-state index contributed by atoms with van der Waals surface area (Å²) in [7, 11) is 2.16. The van der Waals surface area contributed by atoms with Crippen LogP contribution in [0, 0.1) is 0 Å². The fourth-order valence-electron chi connectivity index (χ4n) is 1.91. The minimum absolute atomic E-state index is 0.222. The molecular weight excluding hydrogens is 256 g/mol. The lowest BCUT2D eigenvalue weighted by Crippen LogP contribution is -2.42. The van der Waals surface area contributed by atoms with Crippen LogP contribution in [-0.4, -0.2) is 30.6 Å². The maximum Gasteiger partial charge on any atom is 0.0409 e. The molecule has 1 aromatic rings. The van der Waals surface area contributed by atoms with E-state index >= 15 is 0 Å². The first-order chi connectivity index (χ1) is 8.85. The molecule has 3 heteroatoms. The third-order valence-corrected chi connectivity index (χ3v) is 4.18. The molecule has 0 aromatic heterocycles. The lowest BCUT2D eigenvalue weighted by atomic mass is 10.0. The normalized spacial score (nSPS) is 13.8. The van der Waals surface area contributed by atoms with E-state index in [2.05, 4.69) is 51.0 Å². The van der Waals surface area contributed by atoms with Crippen molar-refractivity contribution in [1.29, 1.82) is 0 Å². The van der Waals surface area contributed by atoms with Crippen molar-refractivity contribution in [3.63, 3.8) is 0 Å². The highest BCUT2D eigenvalue weighted by atomic mass is 35.5. The number of likely N-dealkylation sites (N-methyl/N-ethyl adjacent to an activating group) is 1. The average Bonchev–Trinajstić information content (AvgIpc) is 2.37. The fourth-order valence-corrected chi connectivity index (χ4v) is 2.11. The van der Waals surface area contributed by atoms with Crippen LogP contribution in [-0.2, 0) is 0 Å². The van der Waals surface area contributed by atoms with Crippen LogP contribution in [0.1, 0.15) is 45.7 Å². The van der Waals surface area contributed by atoms with Crippen molar-refractivity contribution in [1.82, 2.24) is 10.2 Å². The predicted octanol–water partition coefficient (Wildman–Crippen LogP) is 4.11. The predicted molar refractivity (Wildman–Crippen MR) is 84.9 cm³/mol. The summed E-state index contributed by atoms with van der Waals surface area (Å²) in [6, 6.07) is 8.50. The largest absolute Gasteiger partial charge is 0.311 e. The smallest absolute Gasteiger partial charge is 0.0409 e. The van der Waals surface area contributed by atoms with E-state index in [1.165, 1.54) is 5.56 Å². The second-order valence-corrected chi connectivity index (χ2v) is 6.31. The highest BCUT2D eigenvalue weighted by Crippen LogP contribution is 2.21. The summed E-state index contributed by atoms with van der Waals surface area (Å²) in [5.74, 6) is 0. The Bertz CT molecular complexity index is 390. The standard InChI is InChI=1S/C16H27ClN2/c1-6-16(3,4)18-10-11-19(5)13(2)14-8-7-9-15(17)12-14/h7-9,12-13,18H,6,10-11H2,1-5H3. The lowest BCUT2D eigenvalue weighted by Gasteiger charge is -2.29. The van der Waals surface area contributed by atoms with E-state index in [0.717, 1.165) is 24.5 Å². The first kappa shape index (κ1) is 16.5. The summed E-state index contributed by atoms with van der Waals surface area (Å²) in [6.07, 6.45) is 1.14. The molecule has 0 fully saturated rings. The van der Waals surface area contributed by atoms with Gasteiger partial charge in [-0.15, -0.1) is 0 Å². The maximum atomic E-state index is 6.05. The Labute approximate surface area is 123 Å². The minimum Gasteiger partial charge on any atom is -0.311 e. The highest BCUT2D eigenvalue weighted by molar-refractivity contribution is 6.30. The Morgan fingerprint density at radius 1 is 1.37 bits per heavy atom. The zero-order chi connectivity index (χ0) is 14.5. The molecule has 0 spiro atoms. The van der Waals surface area contributed by atoms with Crippen LogP contribution in [0.2, 0.25) is 5.02 Å². The number of nitrogens with one attached hydrogen (secondary N) is 1. The van der Waals surface area contributed by atoms with Crippen LogP contribution in [0.3, 0.4) is 0 Å². The SMILES string of the molecule is CCC(C)(C)NCCN(C)C(C)c1cccc(Cl)c1. The van der Waals surface area contributed by atoms with Crippen molar-refractivity contribution in [2.45, 2.75) is 45.7 Å². The molecule has 0 aliphatic carbocycles. The molecule has 1 unspecified atom stereocenters. The van der Waals surface area contributed by atoms with E-state index in [4.69, 9.17) is 11.6 Å². The van der Waals surface area contributed by atoms with Crippen molar-refractivity contribution in [2.75, 3.05) is 20.1 Å². The van der Waals surface area contributed by atoms with Gasteiger partial charge in [-0.2, -0.15) is 0 Å². The van der Waals surface area contributed by atoms with Crippen molar-refractivity contribution >= 4 is 11.6 Å². The molecule has 0 radical (unpaired) electrons. The summed E-state index contributed by atoms with van der Waals surface area (Å²) >= 11 is 6.05. The van der Waals surface area contributed by atoms with E-state index in [1.54, 1.807) is 0 Å². The lowest BCUT2D eigenvalue weighted by molar-refractivity contribution is 0.246. The van der Waals surface area contributed by atoms with Crippen LogP contribution in [0.5, 0.6) is 0 Å². The van der Waals surface area contributed by atoms with Gasteiger partial charge in [-0.05, 0) is 51.9 Å². The van der Waals surface area contributed by atoms with Gasteiger partial charge in [0.25, 0.3) is 0 Å². The number of hydrogen-bond donors (Lipinski definition) is 1. The third-order valence-electron chi connectivity index (χ3n) is 3.94. The number of benzene rings is 1. The van der Waals surface area contributed by atoms with Crippen LogP contribution >= 0.6 is 11.6 Å². The molecule has 0 aliphatic rings. The molecule has 0 heterocycles. The molecule has 1 N–H and O–H groups in total.